The van der Waals surface area contributed by atoms with Crippen LogP contribution in [0, 0.1) is 18.3 Å². The summed E-state index contributed by atoms with van der Waals surface area (Å²) < 4.78 is 60.7. The first kappa shape index (κ1) is 25.5. The van der Waals surface area contributed by atoms with Crippen molar-refractivity contribution in [1.82, 2.24) is 9.88 Å². The molecule has 3 aliphatic carbocycles. The molecule has 0 N–H and O–H groups in total. The largest absolute Gasteiger partial charge is 0.443 e. The zero-order chi connectivity index (χ0) is 26.7. The van der Waals surface area contributed by atoms with Crippen LogP contribution >= 0.6 is 0 Å². The second-order valence-electron chi connectivity index (χ2n) is 11.4. The van der Waals surface area contributed by atoms with Gasteiger partial charge in [0.25, 0.3) is 5.92 Å². The molecule has 3 fully saturated rings. The van der Waals surface area contributed by atoms with Crippen LogP contribution in [0.4, 0.5) is 8.78 Å². The Morgan fingerprint density at radius 2 is 1.79 bits per heavy atom. The van der Waals surface area contributed by atoms with Crippen molar-refractivity contribution in [3.05, 3.63) is 60.0 Å². The zero-order valence-electron chi connectivity index (χ0n) is 21.4. The number of fused-ring (bicyclic) bond motifs is 1. The van der Waals surface area contributed by atoms with E-state index < -0.39 is 32.3 Å². The zero-order valence-corrected chi connectivity index (χ0v) is 22.2. The molecule has 0 aliphatic heterocycles. The van der Waals surface area contributed by atoms with Gasteiger partial charge in [0, 0.05) is 24.4 Å². The van der Waals surface area contributed by atoms with Crippen molar-refractivity contribution >= 4 is 26.8 Å². The summed E-state index contributed by atoms with van der Waals surface area (Å²) >= 11 is 0. The number of halogens is 2. The average Bonchev–Trinajstić information content (AvgIpc) is 3.34. The van der Waals surface area contributed by atoms with Gasteiger partial charge in [-0.15, -0.1) is 0 Å². The summed E-state index contributed by atoms with van der Waals surface area (Å²) in [6.07, 6.45) is 4.65. The molecule has 6 nitrogen and oxygen atoms in total. The first-order valence-corrected chi connectivity index (χ1v) is 15.0. The normalized spacial score (nSPS) is 28.6. The summed E-state index contributed by atoms with van der Waals surface area (Å²) in [7, 11) is -3.70. The van der Waals surface area contributed by atoms with Crippen molar-refractivity contribution in [3.63, 3.8) is 0 Å². The number of aryl methyl sites for hydroxylation is 1. The van der Waals surface area contributed by atoms with E-state index in [1.807, 2.05) is 19.1 Å². The third-order valence-corrected chi connectivity index (χ3v) is 11.4. The minimum atomic E-state index is -3.70. The van der Waals surface area contributed by atoms with Gasteiger partial charge in [-0.25, -0.2) is 22.2 Å². The molecular weight excluding hydrogens is 510 g/mol. The fraction of sp³-hybridized carbons (Fsp3) is 0.517. The Balaban J connectivity index is 1.28. The molecule has 0 bridgehead atoms. The number of hydrogen-bond donors (Lipinski definition) is 0. The van der Waals surface area contributed by atoms with Crippen LogP contribution in [0.25, 0.3) is 11.1 Å². The number of hydrogen-bond acceptors (Lipinski definition) is 5. The van der Waals surface area contributed by atoms with Gasteiger partial charge in [-0.2, -0.15) is 0 Å². The average molecular weight is 543 g/mol. The number of nitrogens with zero attached hydrogens (tertiary/aromatic N) is 2. The Labute approximate surface area is 221 Å². The smallest absolute Gasteiger partial charge is 0.254 e. The van der Waals surface area contributed by atoms with Crippen LogP contribution in [-0.2, 0) is 21.2 Å². The van der Waals surface area contributed by atoms with Crippen LogP contribution < -0.4 is 0 Å². The fourth-order valence-corrected chi connectivity index (χ4v) is 8.70. The number of benzene rings is 2. The Hall–Kier alpha value is -2.81. The monoisotopic (exact) mass is 542 g/mol. The number of aromatic nitrogens is 1. The summed E-state index contributed by atoms with van der Waals surface area (Å²) in [4.78, 5) is 20.4. The molecule has 0 unspecified atom stereocenters. The van der Waals surface area contributed by atoms with Crippen LogP contribution in [0.15, 0.2) is 58.2 Å². The molecule has 202 valence electrons. The maximum absolute atomic E-state index is 14.2. The quantitative estimate of drug-likeness (QED) is 0.377. The number of alkyl halides is 2. The van der Waals surface area contributed by atoms with Crippen molar-refractivity contribution in [2.75, 3.05) is 0 Å². The van der Waals surface area contributed by atoms with Crippen molar-refractivity contribution < 1.29 is 26.4 Å². The summed E-state index contributed by atoms with van der Waals surface area (Å²) in [5, 5.41) is -0.791. The van der Waals surface area contributed by atoms with E-state index >= 15 is 0 Å². The van der Waals surface area contributed by atoms with Gasteiger partial charge < -0.3 is 9.32 Å². The highest BCUT2D eigenvalue weighted by Gasteiger charge is 2.70. The van der Waals surface area contributed by atoms with Crippen LogP contribution in [0.5, 0.6) is 0 Å². The lowest BCUT2D eigenvalue weighted by Gasteiger charge is -2.39. The minimum absolute atomic E-state index is 0.0665. The van der Waals surface area contributed by atoms with E-state index in [0.29, 0.717) is 56.0 Å². The van der Waals surface area contributed by atoms with E-state index in [0.717, 1.165) is 11.1 Å². The number of sulfone groups is 1. The number of amides is 1. The molecule has 1 spiro atoms. The van der Waals surface area contributed by atoms with Gasteiger partial charge in [-0.1, -0.05) is 30.2 Å². The maximum Gasteiger partial charge on any atom is 0.254 e. The number of rotatable bonds is 6. The second-order valence-corrected chi connectivity index (χ2v) is 13.6. The van der Waals surface area contributed by atoms with E-state index in [1.165, 1.54) is 6.39 Å². The minimum Gasteiger partial charge on any atom is -0.443 e. The number of oxazole rings is 1. The van der Waals surface area contributed by atoms with Crippen molar-refractivity contribution in [2.24, 2.45) is 11.3 Å². The highest BCUT2D eigenvalue weighted by Crippen LogP contribution is 2.67. The van der Waals surface area contributed by atoms with Crippen LogP contribution in [-0.4, -0.2) is 41.4 Å². The van der Waals surface area contributed by atoms with Crippen LogP contribution in [0.3, 0.4) is 0 Å². The third kappa shape index (κ3) is 4.32. The summed E-state index contributed by atoms with van der Waals surface area (Å²) in [6.45, 7) is 2.18. The molecule has 6 rings (SSSR count). The highest BCUT2D eigenvalue weighted by molar-refractivity contribution is 7.92. The Kier molecular flexibility index (Phi) is 6.13. The molecule has 9 heteroatoms. The Morgan fingerprint density at radius 1 is 1.08 bits per heavy atom. The lowest BCUT2D eigenvalue weighted by Crippen LogP contribution is -2.47. The summed E-state index contributed by atoms with van der Waals surface area (Å²) in [5.74, 6) is -3.45. The molecule has 0 radical (unpaired) electrons. The van der Waals surface area contributed by atoms with Crippen molar-refractivity contribution in [1.29, 1.82) is 0 Å². The Bertz CT molecular complexity index is 1460. The third-order valence-electron chi connectivity index (χ3n) is 9.11. The van der Waals surface area contributed by atoms with Crippen LogP contribution in [0.2, 0.25) is 0 Å². The fourth-order valence-electron chi connectivity index (χ4n) is 6.67. The molecule has 38 heavy (non-hydrogen) atoms. The number of carbonyl (C=O) groups is 1. The first-order valence-electron chi connectivity index (χ1n) is 13.4. The molecule has 1 heterocycles. The molecule has 3 saturated carbocycles. The van der Waals surface area contributed by atoms with E-state index in [1.54, 1.807) is 35.2 Å². The van der Waals surface area contributed by atoms with Crippen molar-refractivity contribution in [2.45, 2.75) is 86.9 Å². The standard InChI is InChI=1S/C29H32F2N2O4S/c1-19-5-8-22(9-6-19)38(35,36)26-4-2-3-23(26)27(34)33(16-20-7-10-25-24(15-20)32-18-37-25)21-11-13-28(14-12-21)17-29(28,30)31/h5-10,15,18,21,23,26H,2-4,11-14,16-17H2,1H3/t21?,23-,26-,28?/m1/s1. The van der Waals surface area contributed by atoms with E-state index in [2.05, 4.69) is 4.98 Å². The van der Waals surface area contributed by atoms with Gasteiger partial charge in [0.2, 0.25) is 5.91 Å². The van der Waals surface area contributed by atoms with Crippen molar-refractivity contribution in [3.8, 4) is 0 Å². The molecule has 2 aromatic carbocycles. The summed E-state index contributed by atoms with van der Waals surface area (Å²) in [6, 6.07) is 12.1. The molecule has 3 aromatic rings. The topological polar surface area (TPSA) is 80.5 Å². The highest BCUT2D eigenvalue weighted by atomic mass is 32.2. The Morgan fingerprint density at radius 3 is 2.47 bits per heavy atom. The lowest BCUT2D eigenvalue weighted by molar-refractivity contribution is -0.139. The number of carbonyl (C=O) groups excluding carboxylic acids is 1. The molecule has 3 aliphatic rings. The van der Waals surface area contributed by atoms with E-state index in [4.69, 9.17) is 4.42 Å². The molecule has 1 amide bonds. The van der Waals surface area contributed by atoms with Gasteiger partial charge in [0.1, 0.15) is 5.52 Å². The van der Waals surface area contributed by atoms with E-state index in [9.17, 15) is 22.0 Å². The van der Waals surface area contributed by atoms with Gasteiger partial charge in [0.15, 0.2) is 21.8 Å². The first-order chi connectivity index (χ1) is 18.1. The molecule has 1 aromatic heterocycles. The van der Waals surface area contributed by atoms with Gasteiger partial charge >= 0.3 is 0 Å². The van der Waals surface area contributed by atoms with Crippen LogP contribution in [0.1, 0.15) is 62.5 Å². The predicted octanol–water partition coefficient (Wildman–Crippen LogP) is 6.08. The molecule has 0 saturated heterocycles. The second kappa shape index (κ2) is 9.14. The van der Waals surface area contributed by atoms with E-state index in [-0.39, 0.29) is 29.8 Å². The summed E-state index contributed by atoms with van der Waals surface area (Å²) in [5.41, 5.74) is 2.23. The maximum atomic E-state index is 14.2. The lowest BCUT2D eigenvalue weighted by atomic mass is 9.81. The van der Waals surface area contributed by atoms with Gasteiger partial charge in [-0.3, -0.25) is 4.79 Å². The molecular formula is C29H32F2N2O4S. The van der Waals surface area contributed by atoms with Gasteiger partial charge in [-0.05, 0) is 75.3 Å². The predicted molar refractivity (Wildman–Crippen MR) is 138 cm³/mol. The van der Waals surface area contributed by atoms with Gasteiger partial charge in [0.05, 0.1) is 16.1 Å². The SMILES string of the molecule is Cc1ccc(S(=O)(=O)[C@@H]2CCC[C@H]2C(=O)N(Cc2ccc3ocnc3c2)C2CCC3(CC2)CC3(F)F)cc1. The molecule has 2 atom stereocenters.